The second-order valence-corrected chi connectivity index (χ2v) is 6.34. The molecule has 2 rings (SSSR count). The van der Waals surface area contributed by atoms with Crippen molar-refractivity contribution in [2.45, 2.75) is 10.9 Å². The predicted octanol–water partition coefficient (Wildman–Crippen LogP) is 1.71. The molecule has 1 unspecified atom stereocenters. The Balaban J connectivity index is 2.04. The molecule has 0 fully saturated rings. The van der Waals surface area contributed by atoms with Crippen LogP contribution < -0.4 is 10.5 Å². The SMILES string of the molecule is NC(CNS(=O)(=O)c1ccc(Cl)nc1)c1ccccc1. The molecule has 0 aliphatic carbocycles. The molecule has 0 spiro atoms. The molecule has 7 heteroatoms. The molecule has 0 saturated heterocycles. The van der Waals surface area contributed by atoms with E-state index in [2.05, 4.69) is 9.71 Å². The van der Waals surface area contributed by atoms with Crippen molar-refractivity contribution < 1.29 is 8.42 Å². The fraction of sp³-hybridized carbons (Fsp3) is 0.154. The highest BCUT2D eigenvalue weighted by Gasteiger charge is 2.16. The Kier molecular flexibility index (Phi) is 4.72. The average Bonchev–Trinajstić information content (AvgIpc) is 2.46. The topological polar surface area (TPSA) is 85.1 Å². The van der Waals surface area contributed by atoms with E-state index in [4.69, 9.17) is 17.3 Å². The van der Waals surface area contributed by atoms with Gasteiger partial charge in [0.05, 0.1) is 0 Å². The smallest absolute Gasteiger partial charge is 0.242 e. The lowest BCUT2D eigenvalue weighted by Crippen LogP contribution is -2.32. The minimum absolute atomic E-state index is 0.0576. The number of halogens is 1. The number of hydrogen-bond donors (Lipinski definition) is 2. The number of pyridine rings is 1. The summed E-state index contributed by atoms with van der Waals surface area (Å²) in [4.78, 5) is 3.80. The zero-order chi connectivity index (χ0) is 14.6. The quantitative estimate of drug-likeness (QED) is 0.823. The monoisotopic (exact) mass is 311 g/mol. The van der Waals surface area contributed by atoms with Crippen LogP contribution in [0.2, 0.25) is 5.15 Å². The molecule has 0 aliphatic rings. The van der Waals surface area contributed by atoms with Crippen molar-refractivity contribution in [2.24, 2.45) is 5.73 Å². The number of sulfonamides is 1. The Labute approximate surface area is 122 Å². The summed E-state index contributed by atoms with van der Waals surface area (Å²) in [5.74, 6) is 0. The first kappa shape index (κ1) is 14.9. The first-order valence-electron chi connectivity index (χ1n) is 5.91. The normalized spacial score (nSPS) is 13.1. The third-order valence-corrected chi connectivity index (χ3v) is 4.36. The van der Waals surface area contributed by atoms with Crippen LogP contribution in [0.15, 0.2) is 53.6 Å². The third kappa shape index (κ3) is 3.77. The maximum absolute atomic E-state index is 12.0. The summed E-state index contributed by atoms with van der Waals surface area (Å²) in [7, 11) is -3.63. The molecule has 0 bridgehead atoms. The fourth-order valence-electron chi connectivity index (χ4n) is 1.62. The van der Waals surface area contributed by atoms with Gasteiger partial charge in [0.15, 0.2) is 0 Å². The number of benzene rings is 1. The molecule has 1 aromatic carbocycles. The summed E-state index contributed by atoms with van der Waals surface area (Å²) < 4.78 is 26.5. The van der Waals surface area contributed by atoms with Gasteiger partial charge in [0.1, 0.15) is 10.0 Å². The van der Waals surface area contributed by atoms with Crippen molar-refractivity contribution in [3.63, 3.8) is 0 Å². The van der Waals surface area contributed by atoms with Gasteiger partial charge in [-0.3, -0.25) is 0 Å². The van der Waals surface area contributed by atoms with Crippen molar-refractivity contribution in [2.75, 3.05) is 6.54 Å². The Morgan fingerprint density at radius 2 is 1.90 bits per heavy atom. The van der Waals surface area contributed by atoms with Crippen LogP contribution in [0.1, 0.15) is 11.6 Å². The summed E-state index contributed by atoms with van der Waals surface area (Å²) in [5, 5.41) is 0.241. The second kappa shape index (κ2) is 6.32. The van der Waals surface area contributed by atoms with Crippen LogP contribution >= 0.6 is 11.6 Å². The van der Waals surface area contributed by atoms with Gasteiger partial charge in [-0.1, -0.05) is 41.9 Å². The van der Waals surface area contributed by atoms with E-state index in [1.54, 1.807) is 0 Å². The number of aromatic nitrogens is 1. The molecule has 106 valence electrons. The molecule has 0 aliphatic heterocycles. The van der Waals surface area contributed by atoms with Crippen LogP contribution in [0, 0.1) is 0 Å². The predicted molar refractivity (Wildman–Crippen MR) is 77.8 cm³/mol. The van der Waals surface area contributed by atoms with E-state index in [0.29, 0.717) is 0 Å². The van der Waals surface area contributed by atoms with E-state index in [1.807, 2.05) is 30.3 Å². The van der Waals surface area contributed by atoms with Crippen molar-refractivity contribution in [1.29, 1.82) is 0 Å². The number of rotatable bonds is 5. The largest absolute Gasteiger partial charge is 0.323 e. The maximum atomic E-state index is 12.0. The first-order chi connectivity index (χ1) is 9.49. The molecular weight excluding hydrogens is 298 g/mol. The Morgan fingerprint density at radius 1 is 1.20 bits per heavy atom. The number of nitrogens with one attached hydrogen (secondary N) is 1. The van der Waals surface area contributed by atoms with Gasteiger partial charge in [-0.15, -0.1) is 0 Å². The Hall–Kier alpha value is -1.47. The lowest BCUT2D eigenvalue weighted by atomic mass is 10.1. The Morgan fingerprint density at radius 3 is 2.50 bits per heavy atom. The van der Waals surface area contributed by atoms with Gasteiger partial charge in [-0.25, -0.2) is 18.1 Å². The molecule has 5 nitrogen and oxygen atoms in total. The van der Waals surface area contributed by atoms with Gasteiger partial charge >= 0.3 is 0 Å². The van der Waals surface area contributed by atoms with Gasteiger partial charge in [0, 0.05) is 18.8 Å². The highest BCUT2D eigenvalue weighted by Crippen LogP contribution is 2.12. The van der Waals surface area contributed by atoms with Gasteiger partial charge < -0.3 is 5.73 Å². The lowest BCUT2D eigenvalue weighted by molar-refractivity contribution is 0.572. The molecule has 1 atom stereocenters. The zero-order valence-electron chi connectivity index (χ0n) is 10.5. The molecule has 0 radical (unpaired) electrons. The highest BCUT2D eigenvalue weighted by atomic mass is 35.5. The summed E-state index contributed by atoms with van der Waals surface area (Å²) in [5.41, 5.74) is 6.81. The van der Waals surface area contributed by atoms with Gasteiger partial charge in [-0.05, 0) is 17.7 Å². The summed E-state index contributed by atoms with van der Waals surface area (Å²) in [6.07, 6.45) is 1.21. The highest BCUT2D eigenvalue weighted by molar-refractivity contribution is 7.89. The minimum Gasteiger partial charge on any atom is -0.323 e. The molecule has 0 saturated carbocycles. The van der Waals surface area contributed by atoms with Crippen LogP contribution in [0.4, 0.5) is 0 Å². The van der Waals surface area contributed by atoms with Crippen molar-refractivity contribution in [3.05, 3.63) is 59.4 Å². The van der Waals surface area contributed by atoms with E-state index >= 15 is 0 Å². The standard InChI is InChI=1S/C13H14ClN3O2S/c14-13-7-6-11(8-16-13)20(18,19)17-9-12(15)10-4-2-1-3-5-10/h1-8,12,17H,9,15H2. The van der Waals surface area contributed by atoms with Crippen LogP contribution in [0.25, 0.3) is 0 Å². The van der Waals surface area contributed by atoms with E-state index < -0.39 is 16.1 Å². The minimum atomic E-state index is -3.63. The average molecular weight is 312 g/mol. The van der Waals surface area contributed by atoms with Gasteiger partial charge in [0.25, 0.3) is 0 Å². The third-order valence-electron chi connectivity index (χ3n) is 2.73. The molecular formula is C13H14ClN3O2S. The number of nitrogens with zero attached hydrogens (tertiary/aromatic N) is 1. The van der Waals surface area contributed by atoms with E-state index in [-0.39, 0.29) is 16.6 Å². The fourth-order valence-corrected chi connectivity index (χ4v) is 2.74. The van der Waals surface area contributed by atoms with Gasteiger partial charge in [0.2, 0.25) is 10.0 Å². The molecule has 2 aromatic rings. The zero-order valence-corrected chi connectivity index (χ0v) is 12.1. The number of hydrogen-bond acceptors (Lipinski definition) is 4. The van der Waals surface area contributed by atoms with Crippen molar-refractivity contribution >= 4 is 21.6 Å². The van der Waals surface area contributed by atoms with Crippen LogP contribution in [-0.4, -0.2) is 19.9 Å². The van der Waals surface area contributed by atoms with Gasteiger partial charge in [-0.2, -0.15) is 0 Å². The van der Waals surface area contributed by atoms with Crippen LogP contribution in [0.3, 0.4) is 0 Å². The molecule has 1 aromatic heterocycles. The summed E-state index contributed by atoms with van der Waals surface area (Å²) >= 11 is 5.62. The molecule has 1 heterocycles. The van der Waals surface area contributed by atoms with E-state index in [0.717, 1.165) is 5.56 Å². The molecule has 0 amide bonds. The first-order valence-corrected chi connectivity index (χ1v) is 7.77. The maximum Gasteiger partial charge on any atom is 0.242 e. The van der Waals surface area contributed by atoms with E-state index in [1.165, 1.54) is 18.3 Å². The Bertz CT molecular complexity index is 660. The summed E-state index contributed by atoms with van der Waals surface area (Å²) in [6, 6.07) is 11.7. The van der Waals surface area contributed by atoms with Crippen molar-refractivity contribution in [3.8, 4) is 0 Å². The molecule has 3 N–H and O–H groups in total. The molecule has 20 heavy (non-hydrogen) atoms. The van der Waals surface area contributed by atoms with Crippen LogP contribution in [-0.2, 0) is 10.0 Å². The van der Waals surface area contributed by atoms with Crippen LogP contribution in [0.5, 0.6) is 0 Å². The number of nitrogens with two attached hydrogens (primary N) is 1. The lowest BCUT2D eigenvalue weighted by Gasteiger charge is -2.13. The van der Waals surface area contributed by atoms with Crippen molar-refractivity contribution in [1.82, 2.24) is 9.71 Å². The second-order valence-electron chi connectivity index (χ2n) is 4.19. The summed E-state index contributed by atoms with van der Waals surface area (Å²) in [6.45, 7) is 0.106. The van der Waals surface area contributed by atoms with E-state index in [9.17, 15) is 8.42 Å².